The highest BCUT2D eigenvalue weighted by Crippen LogP contribution is 2.35. The average Bonchev–Trinajstić information content (AvgIpc) is 2.63. The van der Waals surface area contributed by atoms with E-state index in [9.17, 15) is 0 Å². The Hall–Kier alpha value is -2.54. The molecule has 0 saturated heterocycles. The highest BCUT2D eigenvalue weighted by molar-refractivity contribution is 6.14. The van der Waals surface area contributed by atoms with Crippen molar-refractivity contribution in [2.75, 3.05) is 6.61 Å². The van der Waals surface area contributed by atoms with E-state index < -0.39 is 0 Å². The zero-order valence-electron chi connectivity index (χ0n) is 14.1. The lowest BCUT2D eigenvalue weighted by atomic mass is 9.98. The Labute approximate surface area is 142 Å². The predicted octanol–water partition coefficient (Wildman–Crippen LogP) is 6.72. The maximum atomic E-state index is 6.14. The molecule has 0 unspecified atom stereocenters. The van der Waals surface area contributed by atoms with Gasteiger partial charge in [-0.3, -0.25) is 0 Å². The van der Waals surface area contributed by atoms with Crippen LogP contribution in [-0.2, 0) is 0 Å². The fraction of sp³-hybridized carbons (Fsp3) is 0.217. The summed E-state index contributed by atoms with van der Waals surface area (Å²) in [6.07, 6.45) is 3.55. The summed E-state index contributed by atoms with van der Waals surface area (Å²) in [5.74, 6) is 1.00. The van der Waals surface area contributed by atoms with Crippen LogP contribution in [0.15, 0.2) is 66.7 Å². The van der Waals surface area contributed by atoms with Crippen molar-refractivity contribution in [2.45, 2.75) is 26.2 Å². The van der Waals surface area contributed by atoms with Crippen LogP contribution in [0.25, 0.3) is 32.3 Å². The van der Waals surface area contributed by atoms with E-state index >= 15 is 0 Å². The molecule has 120 valence electrons. The van der Waals surface area contributed by atoms with Crippen LogP contribution in [0.4, 0.5) is 0 Å². The third-order valence-electron chi connectivity index (χ3n) is 4.69. The van der Waals surface area contributed by atoms with Gasteiger partial charge in [0.25, 0.3) is 0 Å². The maximum Gasteiger partial charge on any atom is 0.127 e. The second-order valence-corrected chi connectivity index (χ2v) is 6.40. The molecule has 0 spiro atoms. The first-order valence-electron chi connectivity index (χ1n) is 8.84. The third kappa shape index (κ3) is 2.71. The lowest BCUT2D eigenvalue weighted by molar-refractivity contribution is 0.310. The molecule has 4 rings (SSSR count). The van der Waals surface area contributed by atoms with E-state index in [2.05, 4.69) is 73.7 Å². The standard InChI is InChI=1S/C23H22O/c1-2-3-6-14-24-22-11-7-10-17-12-13-20-15-18-8-4-5-9-19(18)16-21(20)23(17)22/h4-5,7-13,15-16H,2-3,6,14H2,1H3. The molecule has 0 heterocycles. The minimum atomic E-state index is 0.789. The van der Waals surface area contributed by atoms with Crippen molar-refractivity contribution in [1.29, 1.82) is 0 Å². The number of rotatable bonds is 5. The van der Waals surface area contributed by atoms with Crippen LogP contribution in [-0.4, -0.2) is 6.61 Å². The molecule has 0 aromatic heterocycles. The molecule has 0 atom stereocenters. The molecule has 0 amide bonds. The summed E-state index contributed by atoms with van der Waals surface area (Å²) >= 11 is 0. The van der Waals surface area contributed by atoms with Gasteiger partial charge < -0.3 is 4.74 Å². The number of hydrogen-bond donors (Lipinski definition) is 0. The van der Waals surface area contributed by atoms with Crippen molar-refractivity contribution in [3.05, 3.63) is 66.7 Å². The van der Waals surface area contributed by atoms with Crippen LogP contribution in [0.1, 0.15) is 26.2 Å². The largest absolute Gasteiger partial charge is 0.493 e. The minimum Gasteiger partial charge on any atom is -0.493 e. The normalized spacial score (nSPS) is 11.4. The van der Waals surface area contributed by atoms with Gasteiger partial charge in [0.05, 0.1) is 6.61 Å². The smallest absolute Gasteiger partial charge is 0.127 e. The zero-order valence-corrected chi connectivity index (χ0v) is 14.1. The van der Waals surface area contributed by atoms with Gasteiger partial charge in [-0.2, -0.15) is 0 Å². The van der Waals surface area contributed by atoms with Gasteiger partial charge in [-0.15, -0.1) is 0 Å². The second kappa shape index (κ2) is 6.52. The Balaban J connectivity index is 1.89. The summed E-state index contributed by atoms with van der Waals surface area (Å²) in [5.41, 5.74) is 0. The van der Waals surface area contributed by atoms with Crippen LogP contribution in [0, 0.1) is 0 Å². The SMILES string of the molecule is CCCCCOc1cccc2ccc3cc4ccccc4cc3c12. The Kier molecular flexibility index (Phi) is 4.08. The van der Waals surface area contributed by atoms with E-state index in [-0.39, 0.29) is 0 Å². The van der Waals surface area contributed by atoms with Crippen molar-refractivity contribution in [3.63, 3.8) is 0 Å². The Bertz CT molecular complexity index is 1000. The zero-order chi connectivity index (χ0) is 16.4. The van der Waals surface area contributed by atoms with Gasteiger partial charge in [-0.1, -0.05) is 68.3 Å². The van der Waals surface area contributed by atoms with Crippen LogP contribution in [0.3, 0.4) is 0 Å². The molecular formula is C23H22O. The van der Waals surface area contributed by atoms with Crippen molar-refractivity contribution in [2.24, 2.45) is 0 Å². The number of ether oxygens (including phenoxy) is 1. The van der Waals surface area contributed by atoms with Gasteiger partial charge in [0.15, 0.2) is 0 Å². The van der Waals surface area contributed by atoms with Gasteiger partial charge in [-0.25, -0.2) is 0 Å². The van der Waals surface area contributed by atoms with Gasteiger partial charge in [0, 0.05) is 5.39 Å². The van der Waals surface area contributed by atoms with Gasteiger partial charge in [-0.05, 0) is 51.6 Å². The van der Waals surface area contributed by atoms with Crippen molar-refractivity contribution < 1.29 is 4.74 Å². The average molecular weight is 314 g/mol. The monoisotopic (exact) mass is 314 g/mol. The molecule has 1 nitrogen and oxygen atoms in total. The summed E-state index contributed by atoms with van der Waals surface area (Å²) in [5, 5.41) is 7.58. The molecule has 0 aliphatic rings. The van der Waals surface area contributed by atoms with E-state index in [0.717, 1.165) is 18.8 Å². The summed E-state index contributed by atoms with van der Waals surface area (Å²) in [6.45, 7) is 3.01. The highest BCUT2D eigenvalue weighted by Gasteiger charge is 2.08. The Morgan fingerprint density at radius 3 is 2.29 bits per heavy atom. The van der Waals surface area contributed by atoms with Crippen molar-refractivity contribution in [3.8, 4) is 5.75 Å². The van der Waals surface area contributed by atoms with Gasteiger partial charge in [0.1, 0.15) is 5.75 Å². The molecule has 0 radical (unpaired) electrons. The summed E-state index contributed by atoms with van der Waals surface area (Å²) in [4.78, 5) is 0. The number of benzene rings is 4. The van der Waals surface area contributed by atoms with Crippen molar-refractivity contribution >= 4 is 32.3 Å². The molecule has 1 heteroatoms. The topological polar surface area (TPSA) is 9.23 Å². The fourth-order valence-electron chi connectivity index (χ4n) is 3.42. The fourth-order valence-corrected chi connectivity index (χ4v) is 3.42. The maximum absolute atomic E-state index is 6.14. The summed E-state index contributed by atoms with van der Waals surface area (Å²) in [6, 6.07) is 23.9. The lowest BCUT2D eigenvalue weighted by Crippen LogP contribution is -1.97. The number of unbranched alkanes of at least 4 members (excludes halogenated alkanes) is 2. The van der Waals surface area contributed by atoms with Crippen LogP contribution < -0.4 is 4.74 Å². The van der Waals surface area contributed by atoms with E-state index in [1.54, 1.807) is 0 Å². The number of fused-ring (bicyclic) bond motifs is 4. The first-order valence-corrected chi connectivity index (χ1v) is 8.84. The van der Waals surface area contributed by atoms with Crippen molar-refractivity contribution in [1.82, 2.24) is 0 Å². The molecule has 24 heavy (non-hydrogen) atoms. The van der Waals surface area contributed by atoms with E-state index in [1.807, 2.05) is 0 Å². The molecule has 0 bridgehead atoms. The molecule has 0 aliphatic carbocycles. The van der Waals surface area contributed by atoms with Gasteiger partial charge in [0.2, 0.25) is 0 Å². The van der Waals surface area contributed by atoms with Crippen LogP contribution in [0.2, 0.25) is 0 Å². The van der Waals surface area contributed by atoms with Crippen LogP contribution >= 0.6 is 0 Å². The van der Waals surface area contributed by atoms with Crippen LogP contribution in [0.5, 0.6) is 5.75 Å². The van der Waals surface area contributed by atoms with E-state index in [4.69, 9.17) is 4.74 Å². The summed E-state index contributed by atoms with van der Waals surface area (Å²) < 4.78 is 6.14. The predicted molar refractivity (Wildman–Crippen MR) is 104 cm³/mol. The molecule has 0 aliphatic heterocycles. The molecule has 0 N–H and O–H groups in total. The molecule has 0 fully saturated rings. The van der Waals surface area contributed by atoms with Gasteiger partial charge >= 0.3 is 0 Å². The second-order valence-electron chi connectivity index (χ2n) is 6.40. The minimum absolute atomic E-state index is 0.789. The first-order chi connectivity index (χ1) is 11.9. The Morgan fingerprint density at radius 1 is 0.708 bits per heavy atom. The lowest BCUT2D eigenvalue weighted by Gasteiger charge is -2.12. The first kappa shape index (κ1) is 15.0. The molecular weight excluding hydrogens is 292 g/mol. The quantitative estimate of drug-likeness (QED) is 0.226. The summed E-state index contributed by atoms with van der Waals surface area (Å²) in [7, 11) is 0. The third-order valence-corrected chi connectivity index (χ3v) is 4.69. The molecule has 4 aromatic rings. The highest BCUT2D eigenvalue weighted by atomic mass is 16.5. The van der Waals surface area contributed by atoms with E-state index in [1.165, 1.54) is 45.2 Å². The Morgan fingerprint density at radius 2 is 1.46 bits per heavy atom. The number of hydrogen-bond acceptors (Lipinski definition) is 1. The molecule has 0 saturated carbocycles. The molecule has 4 aromatic carbocycles. The van der Waals surface area contributed by atoms with E-state index in [0.29, 0.717) is 0 Å².